The van der Waals surface area contributed by atoms with E-state index in [4.69, 9.17) is 0 Å². The monoisotopic (exact) mass is 334 g/mol. The van der Waals surface area contributed by atoms with Crippen LogP contribution >= 0.6 is 0 Å². The van der Waals surface area contributed by atoms with E-state index in [-0.39, 0.29) is 24.4 Å². The summed E-state index contributed by atoms with van der Waals surface area (Å²) < 4.78 is 0. The van der Waals surface area contributed by atoms with Gasteiger partial charge >= 0.3 is 0 Å². The molecular formula is C21H22N2O2. The van der Waals surface area contributed by atoms with Crippen molar-refractivity contribution in [3.05, 3.63) is 65.2 Å². The number of hydrogen-bond acceptors (Lipinski definition) is 2. The summed E-state index contributed by atoms with van der Waals surface area (Å²) >= 11 is 0. The van der Waals surface area contributed by atoms with Crippen LogP contribution in [0.5, 0.6) is 0 Å². The average Bonchev–Trinajstić information content (AvgIpc) is 2.64. The zero-order valence-corrected chi connectivity index (χ0v) is 14.2. The van der Waals surface area contributed by atoms with Crippen LogP contribution in [0.4, 0.5) is 5.69 Å². The Kier molecular flexibility index (Phi) is 4.26. The van der Waals surface area contributed by atoms with Gasteiger partial charge in [-0.15, -0.1) is 0 Å². The molecule has 0 saturated carbocycles. The van der Waals surface area contributed by atoms with E-state index in [1.807, 2.05) is 36.4 Å². The minimum atomic E-state index is -0.0910. The number of carbonyl (C=O) groups is 2. The Morgan fingerprint density at radius 1 is 1.00 bits per heavy atom. The van der Waals surface area contributed by atoms with Gasteiger partial charge < -0.3 is 10.2 Å². The molecule has 2 amide bonds. The number of carbonyl (C=O) groups excluding carboxylic acids is 2. The lowest BCUT2D eigenvalue weighted by atomic mass is 9.88. The molecule has 0 radical (unpaired) electrons. The highest BCUT2D eigenvalue weighted by atomic mass is 16.2. The molecule has 0 bridgehead atoms. The predicted molar refractivity (Wildman–Crippen MR) is 97.4 cm³/mol. The Hall–Kier alpha value is -2.62. The quantitative estimate of drug-likeness (QED) is 0.937. The van der Waals surface area contributed by atoms with Crippen LogP contribution in [-0.2, 0) is 22.4 Å². The maximum Gasteiger partial charge on any atom is 0.240 e. The molecule has 2 aliphatic rings. The van der Waals surface area contributed by atoms with Crippen molar-refractivity contribution in [2.24, 2.45) is 0 Å². The number of nitrogens with one attached hydrogen (secondary N) is 1. The molecule has 4 heteroatoms. The first-order valence-corrected chi connectivity index (χ1v) is 8.98. The van der Waals surface area contributed by atoms with E-state index < -0.39 is 0 Å². The van der Waals surface area contributed by atoms with Gasteiger partial charge in [0, 0.05) is 12.1 Å². The van der Waals surface area contributed by atoms with E-state index in [0.717, 1.165) is 36.9 Å². The topological polar surface area (TPSA) is 49.4 Å². The van der Waals surface area contributed by atoms with Crippen LogP contribution in [0, 0.1) is 0 Å². The molecule has 0 aromatic heterocycles. The highest BCUT2D eigenvalue weighted by Crippen LogP contribution is 2.30. The molecule has 1 aliphatic heterocycles. The van der Waals surface area contributed by atoms with Crippen LogP contribution in [0.3, 0.4) is 0 Å². The third kappa shape index (κ3) is 3.16. The maximum atomic E-state index is 12.6. The SMILES string of the molecule is O=C(CN1C(=O)CCc2ccccc21)NC1CCCc2ccccc21. The molecule has 1 unspecified atom stereocenters. The molecule has 1 aliphatic carbocycles. The Balaban J connectivity index is 1.49. The number of aryl methyl sites for hydroxylation is 2. The minimum Gasteiger partial charge on any atom is -0.348 e. The largest absolute Gasteiger partial charge is 0.348 e. The summed E-state index contributed by atoms with van der Waals surface area (Å²) in [5.41, 5.74) is 4.54. The number of hydrogen-bond donors (Lipinski definition) is 1. The highest BCUT2D eigenvalue weighted by Gasteiger charge is 2.27. The Morgan fingerprint density at radius 2 is 1.76 bits per heavy atom. The summed E-state index contributed by atoms with van der Waals surface area (Å²) in [5.74, 6) is -0.0651. The molecule has 1 heterocycles. The van der Waals surface area contributed by atoms with Crippen LogP contribution in [0.1, 0.15) is 42.0 Å². The Morgan fingerprint density at radius 3 is 2.64 bits per heavy atom. The number of amides is 2. The zero-order valence-electron chi connectivity index (χ0n) is 14.2. The number of anilines is 1. The van der Waals surface area contributed by atoms with Crippen LogP contribution in [0.2, 0.25) is 0 Å². The van der Waals surface area contributed by atoms with E-state index >= 15 is 0 Å². The number of benzene rings is 2. The van der Waals surface area contributed by atoms with Crippen molar-refractivity contribution in [2.75, 3.05) is 11.4 Å². The van der Waals surface area contributed by atoms with Crippen LogP contribution < -0.4 is 10.2 Å². The molecule has 1 N–H and O–H groups in total. The predicted octanol–water partition coefficient (Wildman–Crippen LogP) is 3.16. The molecule has 2 aromatic carbocycles. The molecule has 0 spiro atoms. The summed E-state index contributed by atoms with van der Waals surface area (Å²) in [5, 5.41) is 3.14. The molecule has 2 aromatic rings. The van der Waals surface area contributed by atoms with Crippen molar-refractivity contribution in [1.29, 1.82) is 0 Å². The van der Waals surface area contributed by atoms with Gasteiger partial charge in [0.25, 0.3) is 0 Å². The third-order valence-corrected chi connectivity index (χ3v) is 5.20. The number of rotatable bonds is 3. The van der Waals surface area contributed by atoms with Gasteiger partial charge in [0.2, 0.25) is 11.8 Å². The lowest BCUT2D eigenvalue weighted by Crippen LogP contribution is -2.44. The van der Waals surface area contributed by atoms with Gasteiger partial charge in [-0.05, 0) is 48.4 Å². The average molecular weight is 334 g/mol. The lowest BCUT2D eigenvalue weighted by Gasteiger charge is -2.31. The molecule has 1 atom stereocenters. The summed E-state index contributed by atoms with van der Waals surface area (Å²) in [7, 11) is 0. The molecule has 25 heavy (non-hydrogen) atoms. The van der Waals surface area contributed by atoms with E-state index in [1.54, 1.807) is 4.90 Å². The van der Waals surface area contributed by atoms with E-state index in [0.29, 0.717) is 6.42 Å². The molecule has 0 saturated heterocycles. The zero-order chi connectivity index (χ0) is 17.2. The molecule has 128 valence electrons. The van der Waals surface area contributed by atoms with Crippen LogP contribution in [0.15, 0.2) is 48.5 Å². The Bertz CT molecular complexity index is 815. The molecule has 4 nitrogen and oxygen atoms in total. The fraction of sp³-hybridized carbons (Fsp3) is 0.333. The maximum absolute atomic E-state index is 12.6. The van der Waals surface area contributed by atoms with Gasteiger partial charge in [-0.3, -0.25) is 9.59 Å². The number of fused-ring (bicyclic) bond motifs is 2. The third-order valence-electron chi connectivity index (χ3n) is 5.20. The smallest absolute Gasteiger partial charge is 0.240 e. The van der Waals surface area contributed by atoms with Crippen molar-refractivity contribution < 1.29 is 9.59 Å². The van der Waals surface area contributed by atoms with Crippen molar-refractivity contribution in [2.45, 2.75) is 38.1 Å². The fourth-order valence-corrected chi connectivity index (χ4v) is 3.96. The first-order valence-electron chi connectivity index (χ1n) is 8.98. The number of nitrogens with zero attached hydrogens (tertiary/aromatic N) is 1. The van der Waals surface area contributed by atoms with E-state index in [9.17, 15) is 9.59 Å². The normalized spacial score (nSPS) is 19.1. The lowest BCUT2D eigenvalue weighted by molar-refractivity contribution is -0.124. The molecular weight excluding hydrogens is 312 g/mol. The fourth-order valence-electron chi connectivity index (χ4n) is 3.96. The summed E-state index contributed by atoms with van der Waals surface area (Å²) in [6.07, 6.45) is 4.32. The number of para-hydroxylation sites is 1. The van der Waals surface area contributed by atoms with E-state index in [2.05, 4.69) is 17.4 Å². The second-order valence-corrected chi connectivity index (χ2v) is 6.82. The van der Waals surface area contributed by atoms with Gasteiger partial charge in [-0.25, -0.2) is 0 Å². The van der Waals surface area contributed by atoms with Gasteiger partial charge in [-0.2, -0.15) is 0 Å². The van der Waals surface area contributed by atoms with Crippen LogP contribution in [-0.4, -0.2) is 18.4 Å². The van der Waals surface area contributed by atoms with Gasteiger partial charge in [0.05, 0.1) is 6.04 Å². The standard InChI is InChI=1S/C21H22N2O2/c24-20(22-18-10-5-8-15-6-1-3-9-17(15)18)14-23-19-11-4-2-7-16(19)12-13-21(23)25/h1-4,6-7,9,11,18H,5,8,10,12-14H2,(H,22,24). The van der Waals surface area contributed by atoms with Crippen molar-refractivity contribution in [3.8, 4) is 0 Å². The second-order valence-electron chi connectivity index (χ2n) is 6.82. The van der Waals surface area contributed by atoms with Crippen molar-refractivity contribution in [1.82, 2.24) is 5.32 Å². The summed E-state index contributed by atoms with van der Waals surface area (Å²) in [6.45, 7) is 0.0918. The summed E-state index contributed by atoms with van der Waals surface area (Å²) in [4.78, 5) is 26.6. The molecule has 0 fully saturated rings. The van der Waals surface area contributed by atoms with Crippen molar-refractivity contribution >= 4 is 17.5 Å². The minimum absolute atomic E-state index is 0.0258. The van der Waals surface area contributed by atoms with E-state index in [1.165, 1.54) is 11.1 Å². The highest BCUT2D eigenvalue weighted by molar-refractivity contribution is 6.01. The van der Waals surface area contributed by atoms with Gasteiger partial charge in [0.1, 0.15) is 6.54 Å². The molecule has 4 rings (SSSR count). The second kappa shape index (κ2) is 6.71. The first kappa shape index (κ1) is 15.9. The first-order chi connectivity index (χ1) is 12.2. The van der Waals surface area contributed by atoms with Crippen molar-refractivity contribution in [3.63, 3.8) is 0 Å². The van der Waals surface area contributed by atoms with Gasteiger partial charge in [-0.1, -0.05) is 42.5 Å². The summed E-state index contributed by atoms with van der Waals surface area (Å²) in [6, 6.07) is 16.2. The Labute approximate surface area is 147 Å². The van der Waals surface area contributed by atoms with Crippen LogP contribution in [0.25, 0.3) is 0 Å². The van der Waals surface area contributed by atoms with Gasteiger partial charge in [0.15, 0.2) is 0 Å².